The largest absolute Gasteiger partial charge is 0.391 e. The second kappa shape index (κ2) is 4.38. The van der Waals surface area contributed by atoms with Crippen molar-refractivity contribution in [3.63, 3.8) is 0 Å². The average molecular weight is 348 g/mol. The summed E-state index contributed by atoms with van der Waals surface area (Å²) in [6.07, 6.45) is 2.18. The van der Waals surface area contributed by atoms with Crippen LogP contribution in [0.3, 0.4) is 0 Å². The second-order valence-electron chi connectivity index (χ2n) is 9.89. The van der Waals surface area contributed by atoms with E-state index >= 15 is 0 Å². The van der Waals surface area contributed by atoms with Crippen molar-refractivity contribution in [3.8, 4) is 0 Å². The van der Waals surface area contributed by atoms with E-state index in [1.807, 2.05) is 0 Å². The van der Waals surface area contributed by atoms with E-state index in [4.69, 9.17) is 4.74 Å². The molecule has 4 bridgehead atoms. The summed E-state index contributed by atoms with van der Waals surface area (Å²) < 4.78 is 5.89. The van der Waals surface area contributed by atoms with Crippen LogP contribution in [0.5, 0.6) is 0 Å². The molecular weight excluding hydrogens is 320 g/mol. The summed E-state index contributed by atoms with van der Waals surface area (Å²) in [7, 11) is 0. The first kappa shape index (κ1) is 16.4. The minimum Gasteiger partial charge on any atom is -0.391 e. The zero-order valence-corrected chi connectivity index (χ0v) is 15.0. The number of fused-ring (bicyclic) bond motifs is 2. The van der Waals surface area contributed by atoms with Crippen LogP contribution in [0.25, 0.3) is 0 Å². The first-order valence-electron chi connectivity index (χ1n) is 9.61. The van der Waals surface area contributed by atoms with Crippen LogP contribution < -0.4 is 0 Å². The Balaban J connectivity index is 1.79. The van der Waals surface area contributed by atoms with Gasteiger partial charge in [-0.25, -0.2) is 0 Å². The van der Waals surface area contributed by atoms with E-state index in [0.29, 0.717) is 12.2 Å². The molecule has 0 aromatic heterocycles. The van der Waals surface area contributed by atoms with Crippen LogP contribution in [0.1, 0.15) is 46.0 Å². The molecule has 25 heavy (non-hydrogen) atoms. The van der Waals surface area contributed by atoms with Gasteiger partial charge < -0.3 is 20.1 Å². The third-order valence-electron chi connectivity index (χ3n) is 8.77. The van der Waals surface area contributed by atoms with E-state index in [1.165, 1.54) is 0 Å². The van der Waals surface area contributed by atoms with Gasteiger partial charge in [0.2, 0.25) is 5.79 Å². The summed E-state index contributed by atoms with van der Waals surface area (Å²) >= 11 is 0. The molecule has 6 rings (SSSR count). The first-order chi connectivity index (χ1) is 11.6. The number of hydrogen-bond acceptors (Lipinski definition) is 5. The number of aliphatic hydroxyl groups is 3. The average Bonchev–Trinajstić information content (AvgIpc) is 2.66. The summed E-state index contributed by atoms with van der Waals surface area (Å²) in [6, 6.07) is 0. The zero-order valence-electron chi connectivity index (χ0n) is 15.0. The molecule has 6 fully saturated rings. The molecule has 1 unspecified atom stereocenters. The smallest absolute Gasteiger partial charge is 0.208 e. The van der Waals surface area contributed by atoms with E-state index < -0.39 is 23.4 Å². The Morgan fingerprint density at radius 2 is 1.88 bits per heavy atom. The maximum Gasteiger partial charge on any atom is 0.208 e. The Morgan fingerprint density at radius 3 is 2.60 bits per heavy atom. The number of carbonyl (C=O) groups excluding carboxylic acids is 1. The van der Waals surface area contributed by atoms with E-state index in [2.05, 4.69) is 20.4 Å². The summed E-state index contributed by atoms with van der Waals surface area (Å²) in [6.45, 7) is 8.58. The monoisotopic (exact) mass is 348 g/mol. The van der Waals surface area contributed by atoms with Crippen LogP contribution in [0, 0.1) is 34.0 Å². The fourth-order valence-electron chi connectivity index (χ4n) is 7.99. The summed E-state index contributed by atoms with van der Waals surface area (Å²) in [5.74, 6) is -2.92. The molecule has 8 atom stereocenters. The molecule has 5 nitrogen and oxygen atoms in total. The zero-order chi connectivity index (χ0) is 18.0. The quantitative estimate of drug-likeness (QED) is 0.576. The molecule has 0 amide bonds. The molecule has 3 N–H and O–H groups in total. The maximum atomic E-state index is 13.3. The van der Waals surface area contributed by atoms with Crippen molar-refractivity contribution >= 4 is 5.78 Å². The molecule has 138 valence electrons. The molecule has 2 aliphatic heterocycles. The first-order valence-corrected chi connectivity index (χ1v) is 9.61. The number of Topliss-reactive ketones (excluding diaryl/α,β-unsaturated/α-hetero) is 1. The topological polar surface area (TPSA) is 87.0 Å². The van der Waals surface area contributed by atoms with E-state index in [1.54, 1.807) is 0 Å². The Labute approximate surface area is 148 Å². The van der Waals surface area contributed by atoms with Gasteiger partial charge in [-0.15, -0.1) is 0 Å². The lowest BCUT2D eigenvalue weighted by Gasteiger charge is -2.73. The highest BCUT2D eigenvalue weighted by Crippen LogP contribution is 2.76. The lowest BCUT2D eigenvalue weighted by molar-refractivity contribution is -0.448. The summed E-state index contributed by atoms with van der Waals surface area (Å²) in [5.41, 5.74) is -1.56. The van der Waals surface area contributed by atoms with Crippen molar-refractivity contribution in [2.24, 2.45) is 34.0 Å². The molecule has 2 heterocycles. The molecular formula is C20H28O5. The van der Waals surface area contributed by atoms with Gasteiger partial charge in [0.25, 0.3) is 0 Å². The molecule has 6 aliphatic rings. The van der Waals surface area contributed by atoms with Gasteiger partial charge in [-0.3, -0.25) is 4.79 Å². The van der Waals surface area contributed by atoms with Crippen molar-refractivity contribution in [3.05, 3.63) is 12.2 Å². The molecule has 4 aliphatic carbocycles. The van der Waals surface area contributed by atoms with Gasteiger partial charge >= 0.3 is 0 Å². The van der Waals surface area contributed by atoms with Crippen LogP contribution in [0.2, 0.25) is 0 Å². The minimum absolute atomic E-state index is 0.131. The number of hydrogen-bond donors (Lipinski definition) is 3. The summed E-state index contributed by atoms with van der Waals surface area (Å²) in [4.78, 5) is 13.3. The normalized spacial score (nSPS) is 58.8. The van der Waals surface area contributed by atoms with E-state index in [0.717, 1.165) is 32.1 Å². The minimum atomic E-state index is -2.02. The molecule has 4 saturated carbocycles. The van der Waals surface area contributed by atoms with Crippen LogP contribution >= 0.6 is 0 Å². The van der Waals surface area contributed by atoms with Crippen molar-refractivity contribution < 1.29 is 24.9 Å². The lowest BCUT2D eigenvalue weighted by atomic mass is 9.36. The third-order valence-corrected chi connectivity index (χ3v) is 8.77. The van der Waals surface area contributed by atoms with Gasteiger partial charge in [-0.1, -0.05) is 26.8 Å². The Morgan fingerprint density at radius 1 is 1.16 bits per heavy atom. The Bertz CT molecular complexity index is 686. The van der Waals surface area contributed by atoms with E-state index in [-0.39, 0.29) is 34.4 Å². The van der Waals surface area contributed by atoms with Crippen LogP contribution in [0.15, 0.2) is 12.2 Å². The number of carbonyl (C=O) groups is 1. The Kier molecular flexibility index (Phi) is 2.88. The van der Waals surface area contributed by atoms with Gasteiger partial charge in [0, 0.05) is 17.3 Å². The van der Waals surface area contributed by atoms with Gasteiger partial charge in [-0.2, -0.15) is 0 Å². The van der Waals surface area contributed by atoms with Crippen LogP contribution in [-0.2, 0) is 9.53 Å². The highest BCUT2D eigenvalue weighted by Gasteiger charge is 2.85. The number of rotatable bonds is 0. The molecule has 2 saturated heterocycles. The molecule has 2 spiro atoms. The fraction of sp³-hybridized carbons (Fsp3) is 0.850. The van der Waals surface area contributed by atoms with Crippen molar-refractivity contribution in [2.45, 2.75) is 63.9 Å². The Hall–Kier alpha value is -0.750. The van der Waals surface area contributed by atoms with E-state index in [9.17, 15) is 20.1 Å². The number of aliphatic hydroxyl groups excluding tert-OH is 2. The highest BCUT2D eigenvalue weighted by atomic mass is 16.6. The van der Waals surface area contributed by atoms with Gasteiger partial charge in [0.1, 0.15) is 11.5 Å². The highest BCUT2D eigenvalue weighted by molar-refractivity contribution is 6.05. The third kappa shape index (κ3) is 1.41. The fourth-order valence-corrected chi connectivity index (χ4v) is 7.99. The molecule has 0 aromatic carbocycles. The lowest BCUT2D eigenvalue weighted by Crippen LogP contribution is -2.83. The number of ether oxygens (including phenoxy) is 1. The SMILES string of the molecule is C=C1C(=O)[C@]23[C@H](O)[C@H]1CC[C@H]2C12CCCC(C)(C)[C@H]1[C@H](O)[C@]3(O)OC2. The predicted molar refractivity (Wildman–Crippen MR) is 89.3 cm³/mol. The number of ketones is 1. The maximum absolute atomic E-state index is 13.3. The second-order valence-corrected chi connectivity index (χ2v) is 9.89. The van der Waals surface area contributed by atoms with Crippen LogP contribution in [0.4, 0.5) is 0 Å². The summed E-state index contributed by atoms with van der Waals surface area (Å²) in [5, 5.41) is 34.0. The standard InChI is InChI=1S/C20H28O5/c1-10-11-5-6-12-18-8-4-7-17(2,3)13(18)16(23)20(24,25-9-18)19(12,14(10)21)15(11)22/h11-13,15-16,22-24H,1,4-9H2,2-3H3/t11-,12-,13+,15+,16-,18?,19-,20-/m0/s1. The van der Waals surface area contributed by atoms with Crippen LogP contribution in [-0.4, -0.2) is 45.7 Å². The molecule has 5 heteroatoms. The van der Waals surface area contributed by atoms with Gasteiger partial charge in [0.05, 0.1) is 12.7 Å². The van der Waals surface area contributed by atoms with Crippen molar-refractivity contribution in [1.29, 1.82) is 0 Å². The van der Waals surface area contributed by atoms with Crippen molar-refractivity contribution in [1.82, 2.24) is 0 Å². The molecule has 0 aromatic rings. The van der Waals surface area contributed by atoms with Gasteiger partial charge in [0.15, 0.2) is 5.78 Å². The van der Waals surface area contributed by atoms with Gasteiger partial charge in [-0.05, 0) is 42.6 Å². The van der Waals surface area contributed by atoms with Crippen molar-refractivity contribution in [2.75, 3.05) is 6.61 Å². The molecule has 0 radical (unpaired) electrons. The predicted octanol–water partition coefficient (Wildman–Crippen LogP) is 1.40.